The molecule has 1 aliphatic rings. The molecule has 0 saturated carbocycles. The van der Waals surface area contributed by atoms with E-state index in [-0.39, 0.29) is 6.04 Å². The van der Waals surface area contributed by atoms with Crippen molar-refractivity contribution in [1.29, 1.82) is 0 Å². The Morgan fingerprint density at radius 3 is 2.78 bits per heavy atom. The van der Waals surface area contributed by atoms with E-state index in [1.165, 1.54) is 0 Å². The first-order valence-electron chi connectivity index (χ1n) is 3.07. The molecule has 0 fully saturated rings. The average molecular weight is 128 g/mol. The number of hydrogen-bond donors (Lipinski definition) is 3. The average Bonchev–Trinajstić information content (AvgIpc) is 1.59. The first-order chi connectivity index (χ1) is 4.18. The second-order valence-electron chi connectivity index (χ2n) is 2.35. The van der Waals surface area contributed by atoms with Gasteiger partial charge in [0.1, 0.15) is 0 Å². The van der Waals surface area contributed by atoms with Crippen LogP contribution in [0.4, 0.5) is 0 Å². The van der Waals surface area contributed by atoms with E-state index < -0.39 is 6.35 Å². The zero-order valence-corrected chi connectivity index (χ0v) is 5.68. The highest BCUT2D eigenvalue weighted by Crippen LogP contribution is 1.98. The molecule has 1 heterocycles. The van der Waals surface area contributed by atoms with Crippen LogP contribution in [0.5, 0.6) is 0 Å². The second kappa shape index (κ2) is 2.37. The Bertz CT molecular complexity index is 133. The van der Waals surface area contributed by atoms with Crippen molar-refractivity contribution in [3.63, 3.8) is 0 Å². The zero-order valence-electron chi connectivity index (χ0n) is 5.68. The van der Waals surface area contributed by atoms with Gasteiger partial charge >= 0.3 is 0 Å². The van der Waals surface area contributed by atoms with Gasteiger partial charge in [0.05, 0.1) is 0 Å². The van der Waals surface area contributed by atoms with Crippen LogP contribution in [0.2, 0.25) is 0 Å². The van der Waals surface area contributed by atoms with E-state index in [9.17, 15) is 0 Å². The quantitative estimate of drug-likeness (QED) is 0.421. The van der Waals surface area contributed by atoms with Gasteiger partial charge in [0.15, 0.2) is 6.35 Å². The zero-order chi connectivity index (χ0) is 6.85. The molecule has 0 spiro atoms. The fourth-order valence-corrected chi connectivity index (χ4v) is 0.978. The molecule has 1 rings (SSSR count). The minimum Gasteiger partial charge on any atom is -0.361 e. The molecule has 0 radical (unpaired) electrons. The highest BCUT2D eigenvalue weighted by molar-refractivity contribution is 5.04. The number of hydrogen-bond acceptors (Lipinski definition) is 3. The van der Waals surface area contributed by atoms with Crippen LogP contribution in [-0.4, -0.2) is 17.5 Å². The molecular formula is C6H12N2O. The number of rotatable bonds is 0. The first kappa shape index (κ1) is 6.58. The smallest absolute Gasteiger partial charge is 0.181 e. The first-order valence-corrected chi connectivity index (χ1v) is 3.07. The second-order valence-corrected chi connectivity index (χ2v) is 2.35. The van der Waals surface area contributed by atoms with Gasteiger partial charge in [-0.15, -0.1) is 0 Å². The molecule has 1 aliphatic heterocycles. The lowest BCUT2D eigenvalue weighted by Crippen LogP contribution is -2.48. The van der Waals surface area contributed by atoms with Gasteiger partial charge in [-0.25, -0.2) is 0 Å². The molecular weight excluding hydrogens is 116 g/mol. The van der Waals surface area contributed by atoms with Crippen LogP contribution in [-0.2, 0) is 0 Å². The Hall–Kier alpha value is -0.540. The molecule has 0 aliphatic carbocycles. The lowest BCUT2D eigenvalue weighted by Gasteiger charge is -2.24. The molecule has 0 aromatic heterocycles. The fraction of sp³-hybridized carbons (Fsp3) is 0.667. The van der Waals surface area contributed by atoms with Crippen LogP contribution >= 0.6 is 0 Å². The Morgan fingerprint density at radius 2 is 2.33 bits per heavy atom. The molecule has 9 heavy (non-hydrogen) atoms. The van der Waals surface area contributed by atoms with Gasteiger partial charge < -0.3 is 10.4 Å². The largest absolute Gasteiger partial charge is 0.361 e. The Labute approximate surface area is 54.8 Å². The molecule has 0 amide bonds. The van der Waals surface area contributed by atoms with Gasteiger partial charge in [-0.3, -0.25) is 5.32 Å². The number of aliphatic hydroxyl groups is 1. The maximum Gasteiger partial charge on any atom is 0.181 e. The molecule has 0 bridgehead atoms. The van der Waals surface area contributed by atoms with Crippen LogP contribution in [0.1, 0.15) is 13.8 Å². The molecule has 0 saturated heterocycles. The molecule has 52 valence electrons. The van der Waals surface area contributed by atoms with Gasteiger partial charge in [-0.1, -0.05) is 0 Å². The number of allylic oxidation sites excluding steroid dienone is 1. The maximum absolute atomic E-state index is 8.99. The highest BCUT2D eigenvalue weighted by Gasteiger charge is 2.11. The van der Waals surface area contributed by atoms with Crippen LogP contribution < -0.4 is 10.6 Å². The summed E-state index contributed by atoms with van der Waals surface area (Å²) in [5.41, 5.74) is 1.02. The van der Waals surface area contributed by atoms with E-state index in [1.807, 2.05) is 19.9 Å². The molecule has 3 heteroatoms. The van der Waals surface area contributed by atoms with E-state index in [2.05, 4.69) is 10.6 Å². The lowest BCUT2D eigenvalue weighted by molar-refractivity contribution is 0.0993. The van der Waals surface area contributed by atoms with E-state index in [1.54, 1.807) is 0 Å². The van der Waals surface area contributed by atoms with Crippen LogP contribution in [0, 0.1) is 0 Å². The minimum absolute atomic E-state index is 0.265. The molecule has 2 atom stereocenters. The number of nitrogens with one attached hydrogen (secondary N) is 2. The normalized spacial score (nSPS) is 35.2. The fourth-order valence-electron chi connectivity index (χ4n) is 0.978. The summed E-state index contributed by atoms with van der Waals surface area (Å²) in [4.78, 5) is 0. The van der Waals surface area contributed by atoms with Crippen molar-refractivity contribution < 1.29 is 5.11 Å². The van der Waals surface area contributed by atoms with Gasteiger partial charge in [0, 0.05) is 11.7 Å². The molecule has 2 unspecified atom stereocenters. The van der Waals surface area contributed by atoms with Crippen molar-refractivity contribution in [2.75, 3.05) is 0 Å². The Balaban J connectivity index is 2.56. The summed E-state index contributed by atoms with van der Waals surface area (Å²) in [6.07, 6.45) is 1.44. The van der Waals surface area contributed by atoms with E-state index in [0.29, 0.717) is 0 Å². The van der Waals surface area contributed by atoms with Gasteiger partial charge in [-0.2, -0.15) is 0 Å². The third-order valence-corrected chi connectivity index (χ3v) is 1.29. The van der Waals surface area contributed by atoms with Crippen LogP contribution in [0.3, 0.4) is 0 Å². The Morgan fingerprint density at radius 1 is 1.67 bits per heavy atom. The number of aliphatic hydroxyl groups excluding tert-OH is 1. The maximum atomic E-state index is 8.99. The minimum atomic E-state index is -0.579. The van der Waals surface area contributed by atoms with E-state index >= 15 is 0 Å². The summed E-state index contributed by atoms with van der Waals surface area (Å²) < 4.78 is 0. The topological polar surface area (TPSA) is 44.3 Å². The predicted octanol–water partition coefficient (Wildman–Crippen LogP) is -0.253. The Kier molecular flexibility index (Phi) is 1.73. The van der Waals surface area contributed by atoms with Crippen molar-refractivity contribution in [2.24, 2.45) is 0 Å². The summed E-state index contributed by atoms with van der Waals surface area (Å²) in [6, 6.07) is 0.265. The molecule has 3 nitrogen and oxygen atoms in total. The monoisotopic (exact) mass is 128 g/mol. The van der Waals surface area contributed by atoms with Gasteiger partial charge in [-0.05, 0) is 19.9 Å². The van der Waals surface area contributed by atoms with Gasteiger partial charge in [0.25, 0.3) is 0 Å². The van der Waals surface area contributed by atoms with Crippen molar-refractivity contribution in [3.05, 3.63) is 11.8 Å². The molecule has 0 aromatic carbocycles. The van der Waals surface area contributed by atoms with Crippen LogP contribution in [0.25, 0.3) is 0 Å². The van der Waals surface area contributed by atoms with Gasteiger partial charge in [0.2, 0.25) is 0 Å². The standard InChI is InChI=1S/C6H12N2O/c1-4-3-5(2)8-6(9)7-4/h3-4,6-9H,1-2H3. The summed E-state index contributed by atoms with van der Waals surface area (Å²) >= 11 is 0. The lowest BCUT2D eigenvalue weighted by atomic mass is 10.2. The summed E-state index contributed by atoms with van der Waals surface area (Å²) in [5.74, 6) is 0. The van der Waals surface area contributed by atoms with Crippen molar-refractivity contribution in [2.45, 2.75) is 26.2 Å². The van der Waals surface area contributed by atoms with Crippen molar-refractivity contribution >= 4 is 0 Å². The predicted molar refractivity (Wildman–Crippen MR) is 35.5 cm³/mol. The van der Waals surface area contributed by atoms with E-state index in [0.717, 1.165) is 5.70 Å². The van der Waals surface area contributed by atoms with Crippen LogP contribution in [0.15, 0.2) is 11.8 Å². The third kappa shape index (κ3) is 1.69. The van der Waals surface area contributed by atoms with E-state index in [4.69, 9.17) is 5.11 Å². The third-order valence-electron chi connectivity index (χ3n) is 1.29. The SMILES string of the molecule is CC1=CC(C)NC(O)N1. The van der Waals surface area contributed by atoms with Crippen molar-refractivity contribution in [3.8, 4) is 0 Å². The summed E-state index contributed by atoms with van der Waals surface area (Å²) in [6.45, 7) is 3.92. The van der Waals surface area contributed by atoms with Crippen molar-refractivity contribution in [1.82, 2.24) is 10.6 Å². The molecule has 3 N–H and O–H groups in total. The summed E-state index contributed by atoms with van der Waals surface area (Å²) in [7, 11) is 0. The summed E-state index contributed by atoms with van der Waals surface area (Å²) in [5, 5.41) is 14.7. The molecule has 0 aromatic rings. The highest BCUT2D eigenvalue weighted by atomic mass is 16.3.